The summed E-state index contributed by atoms with van der Waals surface area (Å²) in [5.74, 6) is 0.668. The molecule has 2 rings (SSSR count). The molecule has 0 aliphatic carbocycles. The molecule has 0 saturated carbocycles. The van der Waals surface area contributed by atoms with Gasteiger partial charge < -0.3 is 15.0 Å². The van der Waals surface area contributed by atoms with E-state index in [-0.39, 0.29) is 6.09 Å². The molecule has 0 bridgehead atoms. The summed E-state index contributed by atoms with van der Waals surface area (Å²) in [6.07, 6.45) is 2.04. The second-order valence-electron chi connectivity index (χ2n) is 7.43. The van der Waals surface area contributed by atoms with Gasteiger partial charge in [-0.15, -0.1) is 0 Å². The molecule has 0 aromatic carbocycles. The zero-order valence-electron chi connectivity index (χ0n) is 13.0. The first kappa shape index (κ1) is 14.6. The van der Waals surface area contributed by atoms with E-state index in [4.69, 9.17) is 4.74 Å². The number of likely N-dealkylation sites (tertiary alicyclic amines) is 1. The van der Waals surface area contributed by atoms with Crippen LogP contribution in [0, 0.1) is 11.3 Å². The van der Waals surface area contributed by atoms with Crippen LogP contribution in [0.2, 0.25) is 0 Å². The number of rotatable bonds is 1. The zero-order chi connectivity index (χ0) is 14.3. The van der Waals surface area contributed by atoms with Crippen LogP contribution in [-0.4, -0.2) is 42.3 Å². The predicted octanol–water partition coefficient (Wildman–Crippen LogP) is 2.63. The number of nitrogens with zero attached hydrogens (tertiary/aromatic N) is 1. The van der Waals surface area contributed by atoms with Crippen LogP contribution in [0.5, 0.6) is 0 Å². The number of carbonyl (C=O) groups is 1. The molecular weight excluding hydrogens is 240 g/mol. The first-order valence-corrected chi connectivity index (χ1v) is 7.45. The second-order valence-corrected chi connectivity index (χ2v) is 7.43. The van der Waals surface area contributed by atoms with Crippen molar-refractivity contribution in [2.75, 3.05) is 19.6 Å². The van der Waals surface area contributed by atoms with E-state index in [2.05, 4.69) is 19.2 Å². The minimum Gasteiger partial charge on any atom is -0.444 e. The molecule has 1 spiro atoms. The van der Waals surface area contributed by atoms with Crippen molar-refractivity contribution in [1.29, 1.82) is 0 Å². The van der Waals surface area contributed by atoms with Crippen molar-refractivity contribution in [2.45, 2.75) is 59.1 Å². The average molecular weight is 268 g/mol. The highest BCUT2D eigenvalue weighted by Gasteiger charge is 2.49. The van der Waals surface area contributed by atoms with Crippen molar-refractivity contribution < 1.29 is 9.53 Å². The summed E-state index contributed by atoms with van der Waals surface area (Å²) in [4.78, 5) is 13.9. The third-order valence-electron chi connectivity index (χ3n) is 4.41. The maximum atomic E-state index is 12.0. The standard InChI is InChI=1S/C15H28N2O2/c1-11(2)12-15(10-16-12)6-8-17(9-7-15)13(18)19-14(3,4)5/h11-12,16H,6-10H2,1-5H3. The molecule has 2 saturated heterocycles. The Hall–Kier alpha value is -0.770. The van der Waals surface area contributed by atoms with E-state index in [0.29, 0.717) is 17.4 Å². The Morgan fingerprint density at radius 1 is 1.32 bits per heavy atom. The molecule has 2 heterocycles. The number of piperidine rings is 1. The van der Waals surface area contributed by atoms with Gasteiger partial charge in [-0.25, -0.2) is 4.79 Å². The summed E-state index contributed by atoms with van der Waals surface area (Å²) in [6, 6.07) is 0.619. The number of nitrogens with one attached hydrogen (secondary N) is 1. The largest absolute Gasteiger partial charge is 0.444 e. The van der Waals surface area contributed by atoms with Crippen LogP contribution in [-0.2, 0) is 4.74 Å². The summed E-state index contributed by atoms with van der Waals surface area (Å²) in [6.45, 7) is 13.1. The van der Waals surface area contributed by atoms with Crippen molar-refractivity contribution in [3.63, 3.8) is 0 Å². The van der Waals surface area contributed by atoms with Gasteiger partial charge in [-0.1, -0.05) is 13.8 Å². The topological polar surface area (TPSA) is 41.6 Å². The monoisotopic (exact) mass is 268 g/mol. The fourth-order valence-corrected chi connectivity index (χ4v) is 3.40. The highest BCUT2D eigenvalue weighted by Crippen LogP contribution is 2.43. The molecule has 1 atom stereocenters. The van der Waals surface area contributed by atoms with Crippen molar-refractivity contribution in [1.82, 2.24) is 10.2 Å². The number of carbonyl (C=O) groups excluding carboxylic acids is 1. The summed E-state index contributed by atoms with van der Waals surface area (Å²) >= 11 is 0. The lowest BCUT2D eigenvalue weighted by atomic mass is 9.63. The first-order valence-electron chi connectivity index (χ1n) is 7.45. The van der Waals surface area contributed by atoms with Crippen molar-refractivity contribution in [3.05, 3.63) is 0 Å². The molecule has 1 N–H and O–H groups in total. The van der Waals surface area contributed by atoms with E-state index in [9.17, 15) is 4.79 Å². The Morgan fingerprint density at radius 2 is 1.89 bits per heavy atom. The number of ether oxygens (including phenoxy) is 1. The summed E-state index contributed by atoms with van der Waals surface area (Å²) in [5, 5.41) is 3.55. The fourth-order valence-electron chi connectivity index (χ4n) is 3.40. The van der Waals surface area contributed by atoms with E-state index in [0.717, 1.165) is 32.5 Å². The van der Waals surface area contributed by atoms with E-state index >= 15 is 0 Å². The minimum absolute atomic E-state index is 0.157. The molecule has 2 aliphatic rings. The highest BCUT2D eigenvalue weighted by atomic mass is 16.6. The lowest BCUT2D eigenvalue weighted by molar-refractivity contribution is -0.0286. The van der Waals surface area contributed by atoms with Crippen LogP contribution in [0.4, 0.5) is 4.79 Å². The third-order valence-corrected chi connectivity index (χ3v) is 4.41. The second kappa shape index (κ2) is 4.97. The summed E-state index contributed by atoms with van der Waals surface area (Å²) in [5.41, 5.74) is 0.0252. The number of hydrogen-bond donors (Lipinski definition) is 1. The number of amides is 1. The molecule has 1 amide bonds. The highest BCUT2D eigenvalue weighted by molar-refractivity contribution is 5.68. The normalized spacial score (nSPS) is 26.4. The smallest absolute Gasteiger partial charge is 0.410 e. The van der Waals surface area contributed by atoms with Gasteiger partial charge in [0, 0.05) is 31.1 Å². The molecule has 4 nitrogen and oxygen atoms in total. The Balaban J connectivity index is 1.88. The Labute approximate surface area is 116 Å². The van der Waals surface area contributed by atoms with Gasteiger partial charge in [0.15, 0.2) is 0 Å². The zero-order valence-corrected chi connectivity index (χ0v) is 13.0. The molecule has 0 aromatic rings. The maximum absolute atomic E-state index is 12.0. The van der Waals surface area contributed by atoms with Crippen LogP contribution >= 0.6 is 0 Å². The predicted molar refractivity (Wildman–Crippen MR) is 76.1 cm³/mol. The van der Waals surface area contributed by atoms with Crippen LogP contribution in [0.1, 0.15) is 47.5 Å². The van der Waals surface area contributed by atoms with Gasteiger partial charge in [-0.3, -0.25) is 0 Å². The molecule has 0 aromatic heterocycles. The quantitative estimate of drug-likeness (QED) is 0.795. The van der Waals surface area contributed by atoms with E-state index in [1.54, 1.807) is 0 Å². The molecule has 2 fully saturated rings. The van der Waals surface area contributed by atoms with Crippen LogP contribution < -0.4 is 5.32 Å². The molecule has 1 unspecified atom stereocenters. The SMILES string of the molecule is CC(C)C1NCC12CCN(C(=O)OC(C)(C)C)CC2. The van der Waals surface area contributed by atoms with Gasteiger partial charge in [0.25, 0.3) is 0 Å². The number of hydrogen-bond acceptors (Lipinski definition) is 3. The Morgan fingerprint density at radius 3 is 2.26 bits per heavy atom. The van der Waals surface area contributed by atoms with Crippen LogP contribution in [0.3, 0.4) is 0 Å². The van der Waals surface area contributed by atoms with E-state index in [1.807, 2.05) is 25.7 Å². The summed E-state index contributed by atoms with van der Waals surface area (Å²) < 4.78 is 5.44. The average Bonchev–Trinajstić information content (AvgIpc) is 2.24. The molecule has 110 valence electrons. The third kappa shape index (κ3) is 3.04. The lowest BCUT2D eigenvalue weighted by Gasteiger charge is -2.56. The van der Waals surface area contributed by atoms with Gasteiger partial charge in [0.1, 0.15) is 5.60 Å². The van der Waals surface area contributed by atoms with Gasteiger partial charge in [-0.2, -0.15) is 0 Å². The first-order chi connectivity index (χ1) is 8.73. The lowest BCUT2D eigenvalue weighted by Crippen LogP contribution is -2.67. The van der Waals surface area contributed by atoms with Crippen molar-refractivity contribution in [2.24, 2.45) is 11.3 Å². The van der Waals surface area contributed by atoms with Gasteiger partial charge in [0.2, 0.25) is 0 Å². The Bertz CT molecular complexity index is 339. The Kier molecular flexibility index (Phi) is 3.83. The van der Waals surface area contributed by atoms with Crippen molar-refractivity contribution >= 4 is 6.09 Å². The van der Waals surface area contributed by atoms with Gasteiger partial charge in [0.05, 0.1) is 0 Å². The van der Waals surface area contributed by atoms with Crippen LogP contribution in [0.15, 0.2) is 0 Å². The van der Waals surface area contributed by atoms with E-state index in [1.165, 1.54) is 0 Å². The molecule has 0 radical (unpaired) electrons. The minimum atomic E-state index is -0.398. The van der Waals surface area contributed by atoms with Crippen LogP contribution in [0.25, 0.3) is 0 Å². The maximum Gasteiger partial charge on any atom is 0.410 e. The van der Waals surface area contributed by atoms with Crippen molar-refractivity contribution in [3.8, 4) is 0 Å². The summed E-state index contributed by atoms with van der Waals surface area (Å²) in [7, 11) is 0. The fraction of sp³-hybridized carbons (Fsp3) is 0.933. The van der Waals surface area contributed by atoms with E-state index < -0.39 is 5.60 Å². The molecule has 4 heteroatoms. The molecule has 2 aliphatic heterocycles. The van der Waals surface area contributed by atoms with Gasteiger partial charge >= 0.3 is 6.09 Å². The molecular formula is C15H28N2O2. The molecule has 19 heavy (non-hydrogen) atoms. The van der Waals surface area contributed by atoms with Gasteiger partial charge in [-0.05, 0) is 39.5 Å².